The molecule has 22 heavy (non-hydrogen) atoms. The number of hydrogen-bond donors (Lipinski definition) is 0. The van der Waals surface area contributed by atoms with Gasteiger partial charge in [-0.3, -0.25) is 4.79 Å². The minimum absolute atomic E-state index is 0.316. The van der Waals surface area contributed by atoms with Crippen LogP contribution in [0.3, 0.4) is 0 Å². The molecule has 114 valence electrons. The Hall–Kier alpha value is -1.94. The first-order chi connectivity index (χ1) is 10.5. The monoisotopic (exact) mass is 359 g/mol. The van der Waals surface area contributed by atoms with Gasteiger partial charge in [-0.25, -0.2) is 0 Å². The summed E-state index contributed by atoms with van der Waals surface area (Å²) in [5.41, 5.74) is 3.56. The number of hydrogen-bond acceptors (Lipinski definition) is 2. The molecule has 0 atom stereocenters. The first-order valence-corrected chi connectivity index (χ1v) is 7.89. The number of aryl methyl sites for hydroxylation is 2. The highest BCUT2D eigenvalue weighted by molar-refractivity contribution is 9.10. The summed E-state index contributed by atoms with van der Waals surface area (Å²) in [4.78, 5) is 16.5. The predicted octanol–water partition coefficient (Wildman–Crippen LogP) is 4.69. The molecule has 0 radical (unpaired) electrons. The van der Waals surface area contributed by atoms with Gasteiger partial charge in [0.25, 0.3) is 5.91 Å². The van der Waals surface area contributed by atoms with Gasteiger partial charge in [-0.2, -0.15) is 4.99 Å². The van der Waals surface area contributed by atoms with Crippen LogP contribution in [-0.2, 0) is 4.74 Å². The number of amides is 1. The van der Waals surface area contributed by atoms with Crippen molar-refractivity contribution in [3.63, 3.8) is 0 Å². The van der Waals surface area contributed by atoms with E-state index in [1.54, 1.807) is 12.1 Å². The van der Waals surface area contributed by atoms with Crippen molar-refractivity contribution < 1.29 is 9.53 Å². The second kappa shape index (κ2) is 7.36. The molecule has 0 bridgehead atoms. The highest BCUT2D eigenvalue weighted by Crippen LogP contribution is 2.15. The number of benzene rings is 2. The van der Waals surface area contributed by atoms with Crippen LogP contribution in [0.5, 0.6) is 0 Å². The first kappa shape index (κ1) is 16.4. The average Bonchev–Trinajstić information content (AvgIpc) is 2.45. The number of aliphatic imine (C=N–C) groups is 1. The van der Waals surface area contributed by atoms with E-state index in [1.165, 1.54) is 0 Å². The summed E-state index contributed by atoms with van der Waals surface area (Å²) in [6, 6.07) is 13.2. The third-order valence-corrected chi connectivity index (χ3v) is 3.52. The van der Waals surface area contributed by atoms with E-state index in [9.17, 15) is 4.79 Å². The Labute approximate surface area is 139 Å². The fourth-order valence-electron chi connectivity index (χ4n) is 2.19. The van der Waals surface area contributed by atoms with Crippen LogP contribution in [-0.4, -0.2) is 18.4 Å². The number of nitrogens with zero attached hydrogens (tertiary/aromatic N) is 1. The van der Waals surface area contributed by atoms with Crippen molar-refractivity contribution in [2.75, 3.05) is 6.61 Å². The number of ether oxygens (including phenoxy) is 1. The van der Waals surface area contributed by atoms with Crippen molar-refractivity contribution in [1.82, 2.24) is 0 Å². The molecule has 0 aromatic heterocycles. The fourth-order valence-corrected chi connectivity index (χ4v) is 2.59. The molecule has 3 nitrogen and oxygen atoms in total. The quantitative estimate of drug-likeness (QED) is 0.588. The SMILES string of the molecule is CCO/C(=N\C(=O)c1cccc(Br)c1)c1cc(C)cc(C)c1. The summed E-state index contributed by atoms with van der Waals surface area (Å²) in [5.74, 6) is 0.0446. The lowest BCUT2D eigenvalue weighted by molar-refractivity contribution is 0.0999. The van der Waals surface area contributed by atoms with E-state index >= 15 is 0 Å². The zero-order valence-electron chi connectivity index (χ0n) is 12.9. The number of carbonyl (C=O) groups excluding carboxylic acids is 1. The molecule has 0 spiro atoms. The van der Waals surface area contributed by atoms with Crippen LogP contribution < -0.4 is 0 Å². The molecule has 1 amide bonds. The normalized spacial score (nSPS) is 11.4. The molecule has 0 aliphatic heterocycles. The molecule has 0 unspecified atom stereocenters. The zero-order valence-corrected chi connectivity index (χ0v) is 14.5. The molecule has 0 fully saturated rings. The Bertz CT molecular complexity index is 703. The Morgan fingerprint density at radius 3 is 2.36 bits per heavy atom. The standard InChI is InChI=1S/C18H18BrNO2/c1-4-22-18(15-9-12(2)8-13(3)10-15)20-17(21)14-6-5-7-16(19)11-14/h5-11H,4H2,1-3H3/b20-18-. The Kier molecular flexibility index (Phi) is 5.50. The van der Waals surface area contributed by atoms with Gasteiger partial charge < -0.3 is 4.74 Å². The fraction of sp³-hybridized carbons (Fsp3) is 0.222. The minimum atomic E-state index is -0.316. The van der Waals surface area contributed by atoms with Crippen molar-refractivity contribution in [3.8, 4) is 0 Å². The summed E-state index contributed by atoms with van der Waals surface area (Å²) >= 11 is 3.36. The molecule has 0 saturated heterocycles. The average molecular weight is 360 g/mol. The minimum Gasteiger partial charge on any atom is -0.477 e. The van der Waals surface area contributed by atoms with Gasteiger partial charge in [-0.15, -0.1) is 0 Å². The molecule has 2 aromatic carbocycles. The van der Waals surface area contributed by atoms with E-state index in [2.05, 4.69) is 27.0 Å². The van der Waals surface area contributed by atoms with Gasteiger partial charge in [0.15, 0.2) is 0 Å². The third kappa shape index (κ3) is 4.28. The van der Waals surface area contributed by atoms with Crippen molar-refractivity contribution in [2.24, 2.45) is 4.99 Å². The highest BCUT2D eigenvalue weighted by Gasteiger charge is 2.11. The van der Waals surface area contributed by atoms with Gasteiger partial charge in [0.05, 0.1) is 6.61 Å². The van der Waals surface area contributed by atoms with E-state index in [-0.39, 0.29) is 5.91 Å². The Morgan fingerprint density at radius 2 is 1.77 bits per heavy atom. The van der Waals surface area contributed by atoms with Gasteiger partial charge in [0.1, 0.15) is 0 Å². The van der Waals surface area contributed by atoms with E-state index in [1.807, 2.05) is 45.0 Å². The molecule has 0 N–H and O–H groups in total. The lowest BCUT2D eigenvalue weighted by atomic mass is 10.1. The molecule has 0 aliphatic carbocycles. The van der Waals surface area contributed by atoms with E-state index < -0.39 is 0 Å². The first-order valence-electron chi connectivity index (χ1n) is 7.09. The molecular formula is C18H18BrNO2. The van der Waals surface area contributed by atoms with Crippen LogP contribution >= 0.6 is 15.9 Å². The van der Waals surface area contributed by atoms with E-state index in [0.29, 0.717) is 18.1 Å². The van der Waals surface area contributed by atoms with Gasteiger partial charge in [-0.1, -0.05) is 39.2 Å². The maximum absolute atomic E-state index is 12.3. The smallest absolute Gasteiger partial charge is 0.280 e. The van der Waals surface area contributed by atoms with Crippen LogP contribution in [0, 0.1) is 13.8 Å². The van der Waals surface area contributed by atoms with Gasteiger partial charge in [0.2, 0.25) is 5.90 Å². The molecule has 0 aliphatic rings. The lowest BCUT2D eigenvalue weighted by Gasteiger charge is -2.09. The zero-order chi connectivity index (χ0) is 16.1. The van der Waals surface area contributed by atoms with Crippen molar-refractivity contribution in [2.45, 2.75) is 20.8 Å². The van der Waals surface area contributed by atoms with Crippen LogP contribution in [0.4, 0.5) is 0 Å². The molecule has 4 heteroatoms. The summed E-state index contributed by atoms with van der Waals surface area (Å²) in [7, 11) is 0. The summed E-state index contributed by atoms with van der Waals surface area (Å²) in [6.45, 7) is 6.35. The van der Waals surface area contributed by atoms with Crippen molar-refractivity contribution in [1.29, 1.82) is 0 Å². The van der Waals surface area contributed by atoms with Gasteiger partial charge in [-0.05, 0) is 51.1 Å². The summed E-state index contributed by atoms with van der Waals surface area (Å²) in [6.07, 6.45) is 0. The van der Waals surface area contributed by atoms with E-state index in [0.717, 1.165) is 21.2 Å². The van der Waals surface area contributed by atoms with Gasteiger partial charge >= 0.3 is 0 Å². The van der Waals surface area contributed by atoms with Crippen LogP contribution in [0.1, 0.15) is 34.0 Å². The largest absolute Gasteiger partial charge is 0.477 e. The van der Waals surface area contributed by atoms with Crippen molar-refractivity contribution >= 4 is 27.7 Å². The molecule has 2 rings (SSSR count). The number of halogens is 1. The molecule has 0 heterocycles. The molecule has 2 aromatic rings. The number of carbonyl (C=O) groups is 1. The Morgan fingerprint density at radius 1 is 1.09 bits per heavy atom. The number of rotatable bonds is 3. The second-order valence-corrected chi connectivity index (χ2v) is 5.96. The Balaban J connectivity index is 2.40. The van der Waals surface area contributed by atoms with Crippen LogP contribution in [0.25, 0.3) is 0 Å². The maximum Gasteiger partial charge on any atom is 0.280 e. The predicted molar refractivity (Wildman–Crippen MR) is 92.6 cm³/mol. The maximum atomic E-state index is 12.3. The van der Waals surface area contributed by atoms with Gasteiger partial charge in [0, 0.05) is 15.6 Å². The molecular weight excluding hydrogens is 342 g/mol. The summed E-state index contributed by atoms with van der Waals surface area (Å²) < 4.78 is 6.42. The molecule has 0 saturated carbocycles. The van der Waals surface area contributed by atoms with Crippen molar-refractivity contribution in [3.05, 3.63) is 69.2 Å². The summed E-state index contributed by atoms with van der Waals surface area (Å²) in [5, 5.41) is 0. The van der Waals surface area contributed by atoms with E-state index in [4.69, 9.17) is 4.74 Å². The lowest BCUT2D eigenvalue weighted by Crippen LogP contribution is -2.11. The van der Waals surface area contributed by atoms with Crippen LogP contribution in [0.2, 0.25) is 0 Å². The topological polar surface area (TPSA) is 38.7 Å². The second-order valence-electron chi connectivity index (χ2n) is 5.04. The van der Waals surface area contributed by atoms with Crippen LogP contribution in [0.15, 0.2) is 51.9 Å². The third-order valence-electron chi connectivity index (χ3n) is 3.02. The highest BCUT2D eigenvalue weighted by atomic mass is 79.9.